The number of aromatic nitrogens is 3. The summed E-state index contributed by atoms with van der Waals surface area (Å²) in [6.07, 6.45) is 1.73. The molecule has 0 atom stereocenters. The zero-order valence-electron chi connectivity index (χ0n) is 11.4. The zero-order valence-corrected chi connectivity index (χ0v) is 12.2. The van der Waals surface area contributed by atoms with Crippen molar-refractivity contribution in [2.45, 2.75) is 13.1 Å². The van der Waals surface area contributed by atoms with Crippen LogP contribution in [0.25, 0.3) is 5.69 Å². The van der Waals surface area contributed by atoms with Gasteiger partial charge in [-0.3, -0.25) is 4.57 Å². The fourth-order valence-electron chi connectivity index (χ4n) is 2.15. The quantitative estimate of drug-likeness (QED) is 0.786. The first-order valence-electron chi connectivity index (χ1n) is 6.72. The summed E-state index contributed by atoms with van der Waals surface area (Å²) in [6, 6.07) is 17.9. The highest BCUT2D eigenvalue weighted by molar-refractivity contribution is 6.30. The van der Waals surface area contributed by atoms with Gasteiger partial charge in [-0.2, -0.15) is 0 Å². The second kappa shape index (κ2) is 6.52. The molecule has 0 aliphatic heterocycles. The van der Waals surface area contributed by atoms with Crippen molar-refractivity contribution in [3.63, 3.8) is 0 Å². The average Bonchev–Trinajstić information content (AvgIpc) is 2.97. The lowest BCUT2D eigenvalue weighted by Gasteiger charge is -2.08. The van der Waals surface area contributed by atoms with Crippen molar-refractivity contribution in [2.75, 3.05) is 0 Å². The maximum Gasteiger partial charge on any atom is 0.151 e. The molecule has 2 aromatic carbocycles. The summed E-state index contributed by atoms with van der Waals surface area (Å²) in [4.78, 5) is 0. The van der Waals surface area contributed by atoms with Crippen molar-refractivity contribution in [1.29, 1.82) is 0 Å². The predicted molar refractivity (Wildman–Crippen MR) is 83.4 cm³/mol. The first kappa shape index (κ1) is 13.8. The Hall–Kier alpha value is -2.17. The molecule has 1 N–H and O–H groups in total. The molecule has 3 aromatic rings. The molecule has 0 aliphatic carbocycles. The van der Waals surface area contributed by atoms with E-state index in [0.717, 1.165) is 28.6 Å². The number of rotatable bonds is 5. The lowest BCUT2D eigenvalue weighted by atomic mass is 10.2. The van der Waals surface area contributed by atoms with Gasteiger partial charge < -0.3 is 5.32 Å². The SMILES string of the molecule is Clc1cccc(CNCc2nncn2-c2ccccc2)c1. The summed E-state index contributed by atoms with van der Waals surface area (Å²) < 4.78 is 1.98. The fourth-order valence-corrected chi connectivity index (χ4v) is 2.36. The van der Waals surface area contributed by atoms with Crippen molar-refractivity contribution in [3.05, 3.63) is 77.3 Å². The number of para-hydroxylation sites is 1. The first-order valence-corrected chi connectivity index (χ1v) is 7.10. The Kier molecular flexibility index (Phi) is 4.28. The molecular formula is C16H15ClN4. The van der Waals surface area contributed by atoms with Gasteiger partial charge in [-0.25, -0.2) is 0 Å². The second-order valence-electron chi connectivity index (χ2n) is 4.69. The molecule has 0 unspecified atom stereocenters. The van der Waals surface area contributed by atoms with E-state index in [2.05, 4.69) is 15.5 Å². The molecular weight excluding hydrogens is 284 g/mol. The van der Waals surface area contributed by atoms with E-state index in [-0.39, 0.29) is 0 Å². The smallest absolute Gasteiger partial charge is 0.151 e. The summed E-state index contributed by atoms with van der Waals surface area (Å²) in [5.41, 5.74) is 2.20. The highest BCUT2D eigenvalue weighted by Crippen LogP contribution is 2.11. The van der Waals surface area contributed by atoms with Gasteiger partial charge in [0, 0.05) is 17.3 Å². The van der Waals surface area contributed by atoms with Gasteiger partial charge in [0.1, 0.15) is 6.33 Å². The molecule has 1 aromatic heterocycles. The molecule has 0 fully saturated rings. The third kappa shape index (κ3) is 3.48. The van der Waals surface area contributed by atoms with Crippen LogP contribution >= 0.6 is 11.6 Å². The molecule has 5 heteroatoms. The first-order chi connectivity index (χ1) is 10.3. The monoisotopic (exact) mass is 298 g/mol. The van der Waals surface area contributed by atoms with E-state index < -0.39 is 0 Å². The Morgan fingerprint density at radius 1 is 1.00 bits per heavy atom. The van der Waals surface area contributed by atoms with Crippen LogP contribution in [0, 0.1) is 0 Å². The molecule has 21 heavy (non-hydrogen) atoms. The highest BCUT2D eigenvalue weighted by atomic mass is 35.5. The number of nitrogens with one attached hydrogen (secondary N) is 1. The molecule has 0 aliphatic rings. The third-order valence-corrected chi connectivity index (χ3v) is 3.39. The fraction of sp³-hybridized carbons (Fsp3) is 0.125. The molecule has 1 heterocycles. The van der Waals surface area contributed by atoms with E-state index in [1.54, 1.807) is 6.33 Å². The minimum atomic E-state index is 0.640. The summed E-state index contributed by atoms with van der Waals surface area (Å²) in [6.45, 7) is 1.38. The lowest BCUT2D eigenvalue weighted by molar-refractivity contribution is 0.651. The average molecular weight is 299 g/mol. The van der Waals surface area contributed by atoms with Crippen LogP contribution in [0.3, 0.4) is 0 Å². The van der Waals surface area contributed by atoms with Crippen LogP contribution in [0.2, 0.25) is 5.02 Å². The van der Waals surface area contributed by atoms with Crippen LogP contribution in [0.5, 0.6) is 0 Å². The Bertz CT molecular complexity index is 709. The van der Waals surface area contributed by atoms with Crippen molar-refractivity contribution < 1.29 is 0 Å². The lowest BCUT2D eigenvalue weighted by Crippen LogP contribution is -2.16. The van der Waals surface area contributed by atoms with Crippen LogP contribution in [0.1, 0.15) is 11.4 Å². The summed E-state index contributed by atoms with van der Waals surface area (Å²) in [7, 11) is 0. The van der Waals surface area contributed by atoms with Crippen molar-refractivity contribution in [1.82, 2.24) is 20.1 Å². The van der Waals surface area contributed by atoms with Gasteiger partial charge in [-0.05, 0) is 29.8 Å². The molecule has 106 valence electrons. The molecule has 0 saturated carbocycles. The van der Waals surface area contributed by atoms with Crippen LogP contribution in [0.4, 0.5) is 0 Å². The van der Waals surface area contributed by atoms with Gasteiger partial charge in [-0.15, -0.1) is 10.2 Å². The number of nitrogens with zero attached hydrogens (tertiary/aromatic N) is 3. The van der Waals surface area contributed by atoms with E-state index in [1.807, 2.05) is 59.2 Å². The minimum absolute atomic E-state index is 0.640. The predicted octanol–water partition coefficient (Wildman–Crippen LogP) is 3.21. The number of benzene rings is 2. The minimum Gasteiger partial charge on any atom is -0.306 e. The number of halogens is 1. The van der Waals surface area contributed by atoms with E-state index in [1.165, 1.54) is 0 Å². The van der Waals surface area contributed by atoms with E-state index in [0.29, 0.717) is 6.54 Å². The van der Waals surface area contributed by atoms with Crippen LogP contribution in [-0.4, -0.2) is 14.8 Å². The zero-order chi connectivity index (χ0) is 14.5. The Balaban J connectivity index is 1.66. The van der Waals surface area contributed by atoms with Gasteiger partial charge >= 0.3 is 0 Å². The van der Waals surface area contributed by atoms with Gasteiger partial charge in [0.05, 0.1) is 6.54 Å². The molecule has 0 radical (unpaired) electrons. The second-order valence-corrected chi connectivity index (χ2v) is 5.12. The Labute approximate surface area is 128 Å². The maximum atomic E-state index is 5.97. The molecule has 0 saturated heterocycles. The normalized spacial score (nSPS) is 10.7. The van der Waals surface area contributed by atoms with Crippen LogP contribution in [-0.2, 0) is 13.1 Å². The summed E-state index contributed by atoms with van der Waals surface area (Å²) in [5.74, 6) is 0.878. The maximum absolute atomic E-state index is 5.97. The van der Waals surface area contributed by atoms with Gasteiger partial charge in [-0.1, -0.05) is 41.9 Å². The van der Waals surface area contributed by atoms with Crippen molar-refractivity contribution >= 4 is 11.6 Å². The number of hydrogen-bond acceptors (Lipinski definition) is 3. The largest absolute Gasteiger partial charge is 0.306 e. The molecule has 0 bridgehead atoms. The standard InChI is InChI=1S/C16H15ClN4/c17-14-6-4-5-13(9-14)10-18-11-16-20-19-12-21(16)15-7-2-1-3-8-15/h1-9,12,18H,10-11H2. The Morgan fingerprint density at radius 2 is 1.86 bits per heavy atom. The third-order valence-electron chi connectivity index (χ3n) is 3.15. The summed E-state index contributed by atoms with van der Waals surface area (Å²) >= 11 is 5.97. The van der Waals surface area contributed by atoms with Gasteiger partial charge in [0.2, 0.25) is 0 Å². The molecule has 4 nitrogen and oxygen atoms in total. The van der Waals surface area contributed by atoms with Gasteiger partial charge in [0.25, 0.3) is 0 Å². The van der Waals surface area contributed by atoms with E-state index >= 15 is 0 Å². The number of hydrogen-bond donors (Lipinski definition) is 1. The highest BCUT2D eigenvalue weighted by Gasteiger charge is 2.05. The van der Waals surface area contributed by atoms with Gasteiger partial charge in [0.15, 0.2) is 5.82 Å². The van der Waals surface area contributed by atoms with Crippen molar-refractivity contribution in [2.24, 2.45) is 0 Å². The topological polar surface area (TPSA) is 42.7 Å². The van der Waals surface area contributed by atoms with Crippen LogP contribution in [0.15, 0.2) is 60.9 Å². The van der Waals surface area contributed by atoms with Crippen molar-refractivity contribution in [3.8, 4) is 5.69 Å². The van der Waals surface area contributed by atoms with Crippen LogP contribution < -0.4 is 5.32 Å². The molecule has 0 spiro atoms. The Morgan fingerprint density at radius 3 is 2.67 bits per heavy atom. The van der Waals surface area contributed by atoms with E-state index in [4.69, 9.17) is 11.6 Å². The summed E-state index contributed by atoms with van der Waals surface area (Å²) in [5, 5.41) is 12.3. The molecule has 3 rings (SSSR count). The van der Waals surface area contributed by atoms with E-state index in [9.17, 15) is 0 Å². The molecule has 0 amide bonds.